The molecular formula is C8H19N3O3S. The molecule has 0 saturated heterocycles. The molecule has 15 heavy (non-hydrogen) atoms. The molecule has 90 valence electrons. The molecule has 6 nitrogen and oxygen atoms in total. The van der Waals surface area contributed by atoms with Gasteiger partial charge < -0.3 is 10.6 Å². The van der Waals surface area contributed by atoms with Crippen LogP contribution in [-0.4, -0.2) is 38.7 Å². The summed E-state index contributed by atoms with van der Waals surface area (Å²) >= 11 is 0. The zero-order valence-corrected chi connectivity index (χ0v) is 10.1. The smallest absolute Gasteiger partial charge is 0.239 e. The van der Waals surface area contributed by atoms with Gasteiger partial charge in [-0.05, 0) is 20.4 Å². The lowest BCUT2D eigenvalue weighted by Gasteiger charge is -2.24. The molecule has 0 aliphatic heterocycles. The van der Waals surface area contributed by atoms with Crippen molar-refractivity contribution in [3.63, 3.8) is 0 Å². The van der Waals surface area contributed by atoms with Crippen molar-refractivity contribution < 1.29 is 13.2 Å². The van der Waals surface area contributed by atoms with Crippen LogP contribution in [0.3, 0.4) is 0 Å². The number of amides is 1. The highest BCUT2D eigenvalue weighted by molar-refractivity contribution is 7.89. The molecule has 7 heteroatoms. The van der Waals surface area contributed by atoms with Crippen LogP contribution in [-0.2, 0) is 14.8 Å². The summed E-state index contributed by atoms with van der Waals surface area (Å²) < 4.78 is 21.2. The maximum absolute atomic E-state index is 11.5. The summed E-state index contributed by atoms with van der Waals surface area (Å²) in [6, 6.07) is 0. The summed E-state index contributed by atoms with van der Waals surface area (Å²) in [6.45, 7) is 6.03. The Morgan fingerprint density at radius 2 is 1.93 bits per heavy atom. The molecule has 0 bridgehead atoms. The third-order valence-electron chi connectivity index (χ3n) is 1.86. The van der Waals surface area contributed by atoms with E-state index in [4.69, 9.17) is 5.14 Å². The van der Waals surface area contributed by atoms with Gasteiger partial charge in [0.25, 0.3) is 0 Å². The fourth-order valence-electron chi connectivity index (χ4n) is 1.05. The predicted octanol–water partition coefficient (Wildman–Crippen LogP) is -1.22. The second-order valence-electron chi connectivity index (χ2n) is 3.78. The zero-order chi connectivity index (χ0) is 12.1. The number of sulfonamides is 1. The second kappa shape index (κ2) is 5.43. The molecule has 0 fully saturated rings. The second-order valence-corrected chi connectivity index (χ2v) is 5.51. The molecule has 0 heterocycles. The van der Waals surface area contributed by atoms with E-state index in [1.54, 1.807) is 13.8 Å². The number of nitrogens with two attached hydrogens (primary N) is 1. The number of hydrogen-bond donors (Lipinski definition) is 3. The molecule has 4 N–H and O–H groups in total. The molecule has 0 unspecified atom stereocenters. The van der Waals surface area contributed by atoms with Crippen LogP contribution in [0, 0.1) is 0 Å². The van der Waals surface area contributed by atoms with E-state index in [9.17, 15) is 13.2 Å². The Morgan fingerprint density at radius 3 is 2.33 bits per heavy atom. The van der Waals surface area contributed by atoms with Crippen LogP contribution in [0.25, 0.3) is 0 Å². The van der Waals surface area contributed by atoms with Crippen LogP contribution in [0.2, 0.25) is 0 Å². The van der Waals surface area contributed by atoms with Gasteiger partial charge in [-0.25, -0.2) is 13.6 Å². The van der Waals surface area contributed by atoms with Crippen molar-refractivity contribution in [2.45, 2.75) is 26.3 Å². The predicted molar refractivity (Wildman–Crippen MR) is 58.7 cm³/mol. The van der Waals surface area contributed by atoms with E-state index in [0.29, 0.717) is 6.54 Å². The lowest BCUT2D eigenvalue weighted by molar-refractivity contribution is -0.126. The highest BCUT2D eigenvalue weighted by atomic mass is 32.2. The zero-order valence-electron chi connectivity index (χ0n) is 9.33. The SMILES string of the molecule is CCNC(C)(C)C(=O)NCCS(N)(=O)=O. The Labute approximate surface area is 90.7 Å². The maximum Gasteiger partial charge on any atom is 0.239 e. The van der Waals surface area contributed by atoms with Gasteiger partial charge in [0.1, 0.15) is 0 Å². The molecule has 0 aliphatic rings. The molecule has 0 aliphatic carbocycles. The molecule has 0 aromatic heterocycles. The molecule has 0 aromatic carbocycles. The van der Waals surface area contributed by atoms with Crippen LogP contribution < -0.4 is 15.8 Å². The molecule has 0 spiro atoms. The summed E-state index contributed by atoms with van der Waals surface area (Å²) in [5, 5.41) is 10.3. The van der Waals surface area contributed by atoms with Crippen LogP contribution >= 0.6 is 0 Å². The van der Waals surface area contributed by atoms with E-state index >= 15 is 0 Å². The van der Waals surface area contributed by atoms with E-state index in [1.165, 1.54) is 0 Å². The van der Waals surface area contributed by atoms with E-state index in [2.05, 4.69) is 10.6 Å². The van der Waals surface area contributed by atoms with Crippen molar-refractivity contribution in [2.24, 2.45) is 5.14 Å². The molecule has 0 rings (SSSR count). The Kier molecular flexibility index (Phi) is 5.19. The first-order chi connectivity index (χ1) is 6.69. The Bertz CT molecular complexity index is 311. The minimum atomic E-state index is -3.51. The fourth-order valence-corrected chi connectivity index (χ4v) is 1.44. The van der Waals surface area contributed by atoms with Gasteiger partial charge in [-0.15, -0.1) is 0 Å². The van der Waals surface area contributed by atoms with Gasteiger partial charge in [0, 0.05) is 6.54 Å². The van der Waals surface area contributed by atoms with Crippen LogP contribution in [0.5, 0.6) is 0 Å². The first kappa shape index (κ1) is 14.3. The minimum Gasteiger partial charge on any atom is -0.353 e. The van der Waals surface area contributed by atoms with Crippen molar-refractivity contribution in [2.75, 3.05) is 18.8 Å². The van der Waals surface area contributed by atoms with Crippen molar-refractivity contribution in [1.29, 1.82) is 0 Å². The van der Waals surface area contributed by atoms with Crippen LogP contribution in [0.4, 0.5) is 0 Å². The summed E-state index contributed by atoms with van der Waals surface area (Å²) in [5.74, 6) is -0.492. The van der Waals surface area contributed by atoms with Crippen molar-refractivity contribution in [1.82, 2.24) is 10.6 Å². The number of nitrogens with one attached hydrogen (secondary N) is 2. The minimum absolute atomic E-state index is 0.0342. The van der Waals surface area contributed by atoms with Crippen molar-refractivity contribution in [3.8, 4) is 0 Å². The van der Waals surface area contributed by atoms with E-state index in [-0.39, 0.29) is 18.2 Å². The third-order valence-corrected chi connectivity index (χ3v) is 2.63. The average molecular weight is 237 g/mol. The molecule has 0 aromatic rings. The number of rotatable bonds is 6. The van der Waals surface area contributed by atoms with Crippen molar-refractivity contribution >= 4 is 15.9 Å². The average Bonchev–Trinajstić information content (AvgIpc) is 2.01. The number of carbonyl (C=O) groups is 1. The quantitative estimate of drug-likeness (QED) is 0.539. The van der Waals surface area contributed by atoms with Gasteiger partial charge in [-0.1, -0.05) is 6.92 Å². The first-order valence-electron chi connectivity index (χ1n) is 4.73. The van der Waals surface area contributed by atoms with Gasteiger partial charge in [0.2, 0.25) is 15.9 Å². The molecule has 0 atom stereocenters. The van der Waals surface area contributed by atoms with Crippen molar-refractivity contribution in [3.05, 3.63) is 0 Å². The summed E-state index contributed by atoms with van der Waals surface area (Å²) in [5.41, 5.74) is -0.701. The fraction of sp³-hybridized carbons (Fsp3) is 0.875. The number of primary sulfonamides is 1. The standard InChI is InChI=1S/C8H19N3O3S/c1-4-11-8(2,3)7(12)10-5-6-15(9,13)14/h11H,4-6H2,1-3H3,(H,10,12)(H2,9,13,14). The Balaban J connectivity index is 4.04. The summed E-state index contributed by atoms with van der Waals surface area (Å²) in [4.78, 5) is 11.5. The van der Waals surface area contributed by atoms with Gasteiger partial charge >= 0.3 is 0 Å². The monoisotopic (exact) mass is 237 g/mol. The van der Waals surface area contributed by atoms with E-state index in [1.807, 2.05) is 6.92 Å². The normalized spacial score (nSPS) is 12.5. The number of carbonyl (C=O) groups excluding carboxylic acids is 1. The molecular weight excluding hydrogens is 218 g/mol. The lowest BCUT2D eigenvalue weighted by atomic mass is 10.1. The molecule has 1 amide bonds. The van der Waals surface area contributed by atoms with Gasteiger partial charge in [-0.3, -0.25) is 4.79 Å². The maximum atomic E-state index is 11.5. The van der Waals surface area contributed by atoms with Crippen LogP contribution in [0.15, 0.2) is 0 Å². The highest BCUT2D eigenvalue weighted by Gasteiger charge is 2.25. The first-order valence-corrected chi connectivity index (χ1v) is 6.44. The highest BCUT2D eigenvalue weighted by Crippen LogP contribution is 2.00. The number of likely N-dealkylation sites (N-methyl/N-ethyl adjacent to an activating group) is 1. The molecule has 0 radical (unpaired) electrons. The van der Waals surface area contributed by atoms with E-state index in [0.717, 1.165) is 0 Å². The third kappa shape index (κ3) is 6.43. The summed E-state index contributed by atoms with van der Waals surface area (Å²) in [6.07, 6.45) is 0. The topological polar surface area (TPSA) is 101 Å². The van der Waals surface area contributed by atoms with E-state index < -0.39 is 15.6 Å². The van der Waals surface area contributed by atoms with Gasteiger partial charge in [0.15, 0.2) is 0 Å². The Hall–Kier alpha value is -0.660. The number of hydrogen-bond acceptors (Lipinski definition) is 4. The van der Waals surface area contributed by atoms with Gasteiger partial charge in [0.05, 0.1) is 11.3 Å². The summed E-state index contributed by atoms with van der Waals surface area (Å²) in [7, 11) is -3.51. The Morgan fingerprint density at radius 1 is 1.40 bits per heavy atom. The van der Waals surface area contributed by atoms with Gasteiger partial charge in [-0.2, -0.15) is 0 Å². The largest absolute Gasteiger partial charge is 0.353 e. The van der Waals surface area contributed by atoms with Crippen LogP contribution in [0.1, 0.15) is 20.8 Å². The lowest BCUT2D eigenvalue weighted by Crippen LogP contribution is -2.53. The molecule has 0 saturated carbocycles.